The minimum absolute atomic E-state index is 0.117. The molecule has 7 heteroatoms. The molecule has 0 radical (unpaired) electrons. The van der Waals surface area contributed by atoms with Gasteiger partial charge in [0.25, 0.3) is 5.56 Å². The van der Waals surface area contributed by atoms with Crippen LogP contribution in [0.5, 0.6) is 17.2 Å². The maximum atomic E-state index is 13.7. The summed E-state index contributed by atoms with van der Waals surface area (Å²) in [5.41, 5.74) is 1.48. The van der Waals surface area contributed by atoms with Crippen molar-refractivity contribution >= 4 is 16.7 Å². The first-order valence-electron chi connectivity index (χ1n) is 10.8. The van der Waals surface area contributed by atoms with Gasteiger partial charge in [-0.1, -0.05) is 36.4 Å². The largest absolute Gasteiger partial charge is 0.493 e. The number of ether oxygens (including phenoxy) is 4. The Morgan fingerprint density at radius 1 is 0.824 bits per heavy atom. The Bertz CT molecular complexity index is 1380. The van der Waals surface area contributed by atoms with Crippen molar-refractivity contribution in [2.75, 3.05) is 27.9 Å². The first-order valence-corrected chi connectivity index (χ1v) is 10.8. The van der Waals surface area contributed by atoms with Gasteiger partial charge in [0.1, 0.15) is 5.69 Å². The maximum absolute atomic E-state index is 13.7. The highest BCUT2D eigenvalue weighted by Gasteiger charge is 2.27. The number of methoxy groups -OCH3 is 3. The van der Waals surface area contributed by atoms with Crippen molar-refractivity contribution in [3.05, 3.63) is 82.8 Å². The lowest BCUT2D eigenvalue weighted by Gasteiger charge is -2.20. The Hall–Kier alpha value is -4.26. The molecule has 4 aromatic rings. The lowest BCUT2D eigenvalue weighted by molar-refractivity contribution is 0.0517. The molecule has 1 aromatic heterocycles. The van der Waals surface area contributed by atoms with Crippen LogP contribution in [0.2, 0.25) is 0 Å². The highest BCUT2D eigenvalue weighted by atomic mass is 16.5. The van der Waals surface area contributed by atoms with Crippen molar-refractivity contribution in [3.63, 3.8) is 0 Å². The number of nitrogens with zero attached hydrogens (tertiary/aromatic N) is 1. The Labute approximate surface area is 197 Å². The average molecular weight is 459 g/mol. The molecule has 0 spiro atoms. The van der Waals surface area contributed by atoms with Crippen LogP contribution in [0.3, 0.4) is 0 Å². The van der Waals surface area contributed by atoms with E-state index in [0.29, 0.717) is 44.8 Å². The first kappa shape index (κ1) is 22.9. The maximum Gasteiger partial charge on any atom is 0.356 e. The molecule has 34 heavy (non-hydrogen) atoms. The second kappa shape index (κ2) is 9.70. The van der Waals surface area contributed by atoms with E-state index >= 15 is 0 Å². The summed E-state index contributed by atoms with van der Waals surface area (Å²) in [6, 6.07) is 19.7. The monoisotopic (exact) mass is 459 g/mol. The van der Waals surface area contributed by atoms with E-state index in [0.717, 1.165) is 0 Å². The number of benzene rings is 3. The molecule has 0 saturated carbocycles. The fourth-order valence-corrected chi connectivity index (χ4v) is 4.08. The van der Waals surface area contributed by atoms with Crippen LogP contribution in [0.25, 0.3) is 27.6 Å². The van der Waals surface area contributed by atoms with E-state index in [4.69, 9.17) is 18.9 Å². The quantitative estimate of drug-likeness (QED) is 0.368. The van der Waals surface area contributed by atoms with E-state index in [-0.39, 0.29) is 17.9 Å². The van der Waals surface area contributed by atoms with Crippen molar-refractivity contribution < 1.29 is 23.7 Å². The Kier molecular flexibility index (Phi) is 6.54. The summed E-state index contributed by atoms with van der Waals surface area (Å²) in [4.78, 5) is 27.1. The summed E-state index contributed by atoms with van der Waals surface area (Å²) >= 11 is 0. The van der Waals surface area contributed by atoms with Gasteiger partial charge in [0.2, 0.25) is 5.75 Å². The summed E-state index contributed by atoms with van der Waals surface area (Å²) in [5, 5.41) is 1.07. The van der Waals surface area contributed by atoms with Crippen LogP contribution in [0.4, 0.5) is 0 Å². The third kappa shape index (κ3) is 3.85. The SMILES string of the molecule is CCOC(=O)c1c(-c2cc(OC)c(OC)c(OC)c2)c2ccccc2c(=O)n1-c1ccccc1. The van der Waals surface area contributed by atoms with Gasteiger partial charge in [0.05, 0.1) is 27.9 Å². The molecule has 0 saturated heterocycles. The van der Waals surface area contributed by atoms with Crippen LogP contribution >= 0.6 is 0 Å². The average Bonchev–Trinajstić information content (AvgIpc) is 2.88. The molecule has 3 aromatic carbocycles. The van der Waals surface area contributed by atoms with Gasteiger partial charge in [-0.3, -0.25) is 9.36 Å². The number of aromatic nitrogens is 1. The van der Waals surface area contributed by atoms with E-state index in [1.807, 2.05) is 30.3 Å². The first-order chi connectivity index (χ1) is 16.5. The van der Waals surface area contributed by atoms with Crippen molar-refractivity contribution in [2.45, 2.75) is 6.92 Å². The molecule has 174 valence electrons. The van der Waals surface area contributed by atoms with Gasteiger partial charge < -0.3 is 18.9 Å². The number of carbonyl (C=O) groups is 1. The van der Waals surface area contributed by atoms with Gasteiger partial charge in [0.15, 0.2) is 11.5 Å². The predicted molar refractivity (Wildman–Crippen MR) is 131 cm³/mol. The standard InChI is InChI=1S/C27H25NO6/c1-5-34-27(30)24-23(17-15-21(31-2)25(33-4)22(16-17)32-3)19-13-9-10-14-20(19)26(29)28(24)18-11-7-6-8-12-18/h6-16H,5H2,1-4H3. The molecule has 0 N–H and O–H groups in total. The molecule has 0 amide bonds. The van der Waals surface area contributed by atoms with Crippen molar-refractivity contribution in [1.82, 2.24) is 4.57 Å². The summed E-state index contributed by atoms with van der Waals surface area (Å²) in [5.74, 6) is 0.659. The normalized spacial score (nSPS) is 10.7. The third-order valence-electron chi connectivity index (χ3n) is 5.53. The Morgan fingerprint density at radius 3 is 1.97 bits per heavy atom. The van der Waals surface area contributed by atoms with Crippen molar-refractivity contribution in [1.29, 1.82) is 0 Å². The third-order valence-corrected chi connectivity index (χ3v) is 5.53. The fraction of sp³-hybridized carbons (Fsp3) is 0.185. The number of pyridine rings is 1. The number of fused-ring (bicyclic) bond motifs is 1. The van der Waals surface area contributed by atoms with Gasteiger partial charge in [-0.25, -0.2) is 4.79 Å². The molecular weight excluding hydrogens is 434 g/mol. The summed E-state index contributed by atoms with van der Waals surface area (Å²) < 4.78 is 23.4. The van der Waals surface area contributed by atoms with Gasteiger partial charge in [-0.15, -0.1) is 0 Å². The summed E-state index contributed by atoms with van der Waals surface area (Å²) in [7, 11) is 4.57. The molecule has 4 rings (SSSR count). The Morgan fingerprint density at radius 2 is 1.41 bits per heavy atom. The van der Waals surface area contributed by atoms with Crippen LogP contribution in [0.1, 0.15) is 17.4 Å². The second-order valence-corrected chi connectivity index (χ2v) is 7.38. The molecule has 0 bridgehead atoms. The minimum atomic E-state index is -0.613. The second-order valence-electron chi connectivity index (χ2n) is 7.38. The highest BCUT2D eigenvalue weighted by Crippen LogP contribution is 2.43. The molecule has 0 aliphatic carbocycles. The fourth-order valence-electron chi connectivity index (χ4n) is 4.08. The van der Waals surface area contributed by atoms with E-state index in [9.17, 15) is 9.59 Å². The summed E-state index contributed by atoms with van der Waals surface area (Å²) in [6.07, 6.45) is 0. The van der Waals surface area contributed by atoms with Gasteiger partial charge >= 0.3 is 5.97 Å². The van der Waals surface area contributed by atoms with E-state index in [1.54, 1.807) is 43.3 Å². The van der Waals surface area contributed by atoms with Crippen LogP contribution in [-0.4, -0.2) is 38.5 Å². The molecular formula is C27H25NO6. The van der Waals surface area contributed by atoms with Crippen LogP contribution in [0, 0.1) is 0 Å². The smallest absolute Gasteiger partial charge is 0.356 e. The van der Waals surface area contributed by atoms with Gasteiger partial charge in [-0.05, 0) is 48.2 Å². The molecule has 0 atom stereocenters. The number of carbonyl (C=O) groups excluding carboxylic acids is 1. The number of rotatable bonds is 7. The molecule has 0 aliphatic rings. The van der Waals surface area contributed by atoms with E-state index in [2.05, 4.69) is 0 Å². The zero-order valence-corrected chi connectivity index (χ0v) is 19.5. The van der Waals surface area contributed by atoms with Crippen LogP contribution < -0.4 is 19.8 Å². The lowest BCUT2D eigenvalue weighted by atomic mass is 9.95. The number of hydrogen-bond acceptors (Lipinski definition) is 6. The van der Waals surface area contributed by atoms with Crippen LogP contribution in [-0.2, 0) is 4.74 Å². The van der Waals surface area contributed by atoms with E-state index in [1.165, 1.54) is 25.9 Å². The number of hydrogen-bond donors (Lipinski definition) is 0. The van der Waals surface area contributed by atoms with Crippen molar-refractivity contribution in [2.24, 2.45) is 0 Å². The van der Waals surface area contributed by atoms with Gasteiger partial charge in [-0.2, -0.15) is 0 Å². The number of para-hydroxylation sites is 1. The highest BCUT2D eigenvalue weighted by molar-refractivity contribution is 6.07. The summed E-state index contributed by atoms with van der Waals surface area (Å²) in [6.45, 7) is 1.88. The molecule has 0 unspecified atom stereocenters. The Balaban J connectivity index is 2.22. The molecule has 0 aliphatic heterocycles. The zero-order valence-electron chi connectivity index (χ0n) is 19.5. The molecule has 0 fully saturated rings. The van der Waals surface area contributed by atoms with Gasteiger partial charge in [0, 0.05) is 16.6 Å². The molecule has 1 heterocycles. The predicted octanol–water partition coefficient (Wildman–Crippen LogP) is 4.86. The minimum Gasteiger partial charge on any atom is -0.493 e. The number of esters is 1. The molecule has 7 nitrogen and oxygen atoms in total. The topological polar surface area (TPSA) is 76.0 Å². The lowest BCUT2D eigenvalue weighted by Crippen LogP contribution is -2.27. The van der Waals surface area contributed by atoms with E-state index < -0.39 is 5.97 Å². The van der Waals surface area contributed by atoms with Crippen molar-refractivity contribution in [3.8, 4) is 34.1 Å². The zero-order chi connectivity index (χ0) is 24.2. The van der Waals surface area contributed by atoms with Crippen LogP contribution in [0.15, 0.2) is 71.5 Å².